The van der Waals surface area contributed by atoms with Crippen LogP contribution in [0.4, 0.5) is 10.9 Å². The van der Waals surface area contributed by atoms with E-state index < -0.39 is 82.7 Å². The summed E-state index contributed by atoms with van der Waals surface area (Å²) < 4.78 is 72.4. The van der Waals surface area contributed by atoms with Crippen molar-refractivity contribution in [1.29, 1.82) is 0 Å². The number of pyridine rings is 1. The van der Waals surface area contributed by atoms with E-state index in [1.807, 2.05) is 59.0 Å². The molecule has 90 heavy (non-hydrogen) atoms. The second-order valence-corrected chi connectivity index (χ2v) is 27.7. The van der Waals surface area contributed by atoms with Gasteiger partial charge in [-0.05, 0) is 122 Å². The van der Waals surface area contributed by atoms with Crippen molar-refractivity contribution in [3.8, 4) is 22.6 Å². The van der Waals surface area contributed by atoms with E-state index in [4.69, 9.17) is 44.2 Å². The number of carbonyl (C=O) groups excluding carboxylic acids is 2. The average molecular weight is 1280 g/mol. The summed E-state index contributed by atoms with van der Waals surface area (Å²) >= 11 is 1.40. The summed E-state index contributed by atoms with van der Waals surface area (Å²) in [5, 5.41) is 62.5. The van der Waals surface area contributed by atoms with Crippen LogP contribution in [0.15, 0.2) is 79.0 Å². The standard InChI is InChI=1S/C62H74N8O18S2/c1-35-41(39-13-14-47(67-48(39)54(75)76)69-18-15-36-7-6-8-40(42(36)25-69)53(74)68-58-66-43-9-4-5-10-46(43)89-58)24-65-70(35)34-61-29-59(2)28-60(3,30-61)32-62(31-59,33-61)86-20-17-64-44(27-90(80,81)82)56(79)85-26-37-11-12-38(23-45(37)84-22-21-83-19-16-63)87-57-51(73)49(71)50(72)52(88-57)55(77)78/h4-14,23-24,44,49-52,57,64,71-73H,15-22,25-34,63H2,1-3H3,(H,75,76)(H,77,78)(H,66,68,74)(H,80,81,82)/t44?,49-,50?,51+,52-,57+,59?,60?,61?,62?/m0/s1. The number of aromatic carboxylic acids is 1. The molecule has 12 rings (SSSR count). The molecule has 4 bridgehead atoms. The van der Waals surface area contributed by atoms with Crippen molar-refractivity contribution in [2.45, 2.75) is 128 Å². The lowest BCUT2D eigenvalue weighted by Crippen LogP contribution is -2.64. The van der Waals surface area contributed by atoms with Crippen LogP contribution in [0.2, 0.25) is 0 Å². The fourth-order valence-electron chi connectivity index (χ4n) is 15.1. The lowest BCUT2D eigenvalue weighted by molar-refractivity contribution is -0.271. The van der Waals surface area contributed by atoms with Crippen LogP contribution >= 0.6 is 11.3 Å². The number of carboxylic acids is 2. The third kappa shape index (κ3) is 14.0. The van der Waals surface area contributed by atoms with Crippen molar-refractivity contribution in [3.63, 3.8) is 0 Å². The highest BCUT2D eigenvalue weighted by Crippen LogP contribution is 2.72. The van der Waals surface area contributed by atoms with Gasteiger partial charge in [-0.25, -0.2) is 19.6 Å². The monoisotopic (exact) mass is 1280 g/mol. The van der Waals surface area contributed by atoms with Gasteiger partial charge in [0.05, 0.1) is 41.8 Å². The van der Waals surface area contributed by atoms with E-state index in [1.165, 1.54) is 29.5 Å². The minimum Gasteiger partial charge on any atom is -0.491 e. The zero-order valence-electron chi connectivity index (χ0n) is 49.9. The predicted octanol–water partition coefficient (Wildman–Crippen LogP) is 4.73. The predicted molar refractivity (Wildman–Crippen MR) is 326 cm³/mol. The minimum absolute atomic E-state index is 0.000378. The molecule has 28 heteroatoms. The fraction of sp³-hybridized carbons (Fsp3) is 0.500. The number of rotatable bonds is 26. The van der Waals surface area contributed by atoms with Crippen molar-refractivity contribution in [1.82, 2.24) is 25.1 Å². The number of carboxylic acid groups (broad SMARTS) is 2. The van der Waals surface area contributed by atoms with Gasteiger partial charge in [0.15, 0.2) is 16.9 Å². The number of ether oxygens (including phenoxy) is 6. The van der Waals surface area contributed by atoms with Gasteiger partial charge in [0.1, 0.15) is 60.6 Å². The Kier molecular flexibility index (Phi) is 18.4. The van der Waals surface area contributed by atoms with Crippen LogP contribution in [0.25, 0.3) is 21.3 Å². The molecule has 482 valence electrons. The van der Waals surface area contributed by atoms with E-state index in [0.717, 1.165) is 59.1 Å². The van der Waals surface area contributed by atoms with Gasteiger partial charge in [0.2, 0.25) is 6.29 Å². The molecule has 8 atom stereocenters. The number of aromatic nitrogens is 4. The number of nitrogens with two attached hydrogens (primary N) is 1. The Balaban J connectivity index is 0.742. The van der Waals surface area contributed by atoms with Crippen LogP contribution in [0.1, 0.15) is 95.6 Å². The van der Waals surface area contributed by atoms with Crippen molar-refractivity contribution >= 4 is 66.4 Å². The molecule has 5 heterocycles. The summed E-state index contributed by atoms with van der Waals surface area (Å²) in [6, 6.07) is 19.5. The molecule has 0 radical (unpaired) electrons. The van der Waals surface area contributed by atoms with Gasteiger partial charge < -0.3 is 69.9 Å². The number of amides is 1. The summed E-state index contributed by atoms with van der Waals surface area (Å²) in [4.78, 5) is 63.7. The third-order valence-electron chi connectivity index (χ3n) is 17.8. The number of fused-ring (bicyclic) bond motifs is 2. The van der Waals surface area contributed by atoms with Gasteiger partial charge in [0.25, 0.3) is 16.0 Å². The third-order valence-corrected chi connectivity index (χ3v) is 19.5. The molecular weight excluding hydrogens is 1210 g/mol. The Hall–Kier alpha value is -7.22. The molecule has 4 unspecified atom stereocenters. The fourth-order valence-corrected chi connectivity index (χ4v) is 16.7. The summed E-state index contributed by atoms with van der Waals surface area (Å²) in [5.74, 6) is -4.62. The molecule has 4 saturated carbocycles. The number of esters is 1. The van der Waals surface area contributed by atoms with Gasteiger partial charge >= 0.3 is 17.9 Å². The molecule has 6 aliphatic rings. The number of thiazole rings is 1. The number of hydrogen-bond acceptors (Lipinski definition) is 22. The zero-order chi connectivity index (χ0) is 63.9. The van der Waals surface area contributed by atoms with Crippen LogP contribution in [0, 0.1) is 23.2 Å². The average Bonchev–Trinajstić information content (AvgIpc) is 0.738. The van der Waals surface area contributed by atoms with Crippen molar-refractivity contribution in [3.05, 3.63) is 113 Å². The maximum absolute atomic E-state index is 13.8. The first kappa shape index (κ1) is 64.3. The second-order valence-electron chi connectivity index (χ2n) is 25.2. The Morgan fingerprint density at radius 2 is 1.66 bits per heavy atom. The number of aliphatic hydroxyl groups excluding tert-OH is 3. The number of aliphatic hydroxyl groups is 3. The summed E-state index contributed by atoms with van der Waals surface area (Å²) in [7, 11) is -4.73. The Morgan fingerprint density at radius 3 is 2.39 bits per heavy atom. The van der Waals surface area contributed by atoms with Gasteiger partial charge in [-0.2, -0.15) is 13.5 Å². The van der Waals surface area contributed by atoms with E-state index >= 15 is 0 Å². The Bertz CT molecular complexity index is 3750. The van der Waals surface area contributed by atoms with Crippen molar-refractivity contribution in [2.75, 3.05) is 62.0 Å². The van der Waals surface area contributed by atoms with Gasteiger partial charge in [0, 0.05) is 66.7 Å². The first-order valence-electron chi connectivity index (χ1n) is 29.8. The lowest BCUT2D eigenvalue weighted by atomic mass is 9.39. The molecule has 2 aliphatic heterocycles. The number of carbonyl (C=O) groups is 4. The van der Waals surface area contributed by atoms with Crippen LogP contribution in [0.5, 0.6) is 11.5 Å². The zero-order valence-corrected chi connectivity index (χ0v) is 51.5. The molecule has 26 nitrogen and oxygen atoms in total. The van der Waals surface area contributed by atoms with E-state index in [-0.39, 0.29) is 84.4 Å². The second kappa shape index (κ2) is 25.8. The maximum Gasteiger partial charge on any atom is 0.355 e. The quantitative estimate of drug-likeness (QED) is 0.0201. The van der Waals surface area contributed by atoms with E-state index in [2.05, 4.69) is 29.5 Å². The van der Waals surface area contributed by atoms with Gasteiger partial charge in [-0.15, -0.1) is 0 Å². The van der Waals surface area contributed by atoms with E-state index in [9.17, 15) is 57.7 Å². The van der Waals surface area contributed by atoms with E-state index in [1.54, 1.807) is 18.3 Å². The molecule has 10 N–H and O–H groups in total. The molecular formula is C62H74N8O18S2. The van der Waals surface area contributed by atoms with Crippen molar-refractivity contribution < 1.29 is 86.1 Å². The Morgan fingerprint density at radius 1 is 0.878 bits per heavy atom. The van der Waals surface area contributed by atoms with Crippen LogP contribution in [-0.4, -0.2) is 176 Å². The summed E-state index contributed by atoms with van der Waals surface area (Å²) in [6.45, 7) is 8.10. The highest BCUT2D eigenvalue weighted by atomic mass is 32.2. The highest BCUT2D eigenvalue weighted by molar-refractivity contribution is 7.85. The Labute approximate surface area is 522 Å². The lowest BCUT2D eigenvalue weighted by Gasteiger charge is -2.69. The smallest absolute Gasteiger partial charge is 0.355 e. The van der Waals surface area contributed by atoms with Gasteiger partial charge in [-0.3, -0.25) is 24.1 Å². The van der Waals surface area contributed by atoms with Crippen LogP contribution < -0.4 is 30.7 Å². The summed E-state index contributed by atoms with van der Waals surface area (Å²) in [6.07, 6.45) is -2.05. The molecule has 3 aromatic carbocycles. The molecule has 6 aromatic rings. The molecule has 5 fully saturated rings. The largest absolute Gasteiger partial charge is 0.491 e. The first-order chi connectivity index (χ1) is 42.8. The van der Waals surface area contributed by atoms with E-state index in [0.29, 0.717) is 60.1 Å². The highest BCUT2D eigenvalue weighted by Gasteiger charge is 2.66. The van der Waals surface area contributed by atoms with Gasteiger partial charge in [-0.1, -0.05) is 49.4 Å². The minimum atomic E-state index is -4.73. The SMILES string of the molecule is Cc1c(-c2ccc(N3CCc4cccc(C(=O)Nc5nc6ccccc6s5)c4C3)nc2C(=O)O)cnn1CC12CC3(C)CC(C)(C1)CC(OCCNC(CS(=O)(=O)O)C(=O)OCc1ccc(O[C@@H]4O[C@H](C(=O)O)C(O)[C@H](O)[C@H]4O)cc1OCCOCCN)(C3)C2. The topological polar surface area (TPSA) is 376 Å². The summed E-state index contributed by atoms with van der Waals surface area (Å²) in [5.41, 5.74) is 9.61. The molecule has 4 aliphatic carbocycles. The molecule has 0 spiro atoms. The molecule has 1 saturated heterocycles. The normalized spacial score (nSPS) is 26.4. The van der Waals surface area contributed by atoms with Crippen molar-refractivity contribution in [2.24, 2.45) is 22.0 Å². The number of anilines is 2. The first-order valence-corrected chi connectivity index (χ1v) is 32.2. The number of benzene rings is 3. The number of nitrogens with one attached hydrogen (secondary N) is 2. The molecule has 3 aromatic heterocycles. The number of hydrogen-bond donors (Lipinski definition) is 9. The maximum atomic E-state index is 13.8. The number of para-hydroxylation sites is 1. The molecule has 1 amide bonds. The number of aliphatic carboxylic acids is 1. The number of nitrogens with zero attached hydrogens (tertiary/aromatic N) is 5. The van der Waals surface area contributed by atoms with Crippen LogP contribution in [-0.2, 0) is 64.8 Å². The van der Waals surface area contributed by atoms with Crippen LogP contribution in [0.3, 0.4) is 0 Å².